The Kier molecular flexibility index (Phi) is 3.99. The third-order valence-electron chi connectivity index (χ3n) is 2.85. The van der Waals surface area contributed by atoms with Gasteiger partial charge in [0.15, 0.2) is 0 Å². The van der Waals surface area contributed by atoms with Gasteiger partial charge in [-0.25, -0.2) is 0 Å². The number of anilines is 1. The topological polar surface area (TPSA) is 76.4 Å². The third kappa shape index (κ3) is 3.33. The normalized spacial score (nSPS) is 14.3. The molecule has 18 heavy (non-hydrogen) atoms. The quantitative estimate of drug-likeness (QED) is 0.439. The molecule has 0 atom stereocenters. The second-order valence-corrected chi connectivity index (χ2v) is 4.30. The summed E-state index contributed by atoms with van der Waals surface area (Å²) in [4.78, 5) is 10.5. The van der Waals surface area contributed by atoms with E-state index in [-0.39, 0.29) is 5.69 Å². The van der Waals surface area contributed by atoms with Gasteiger partial charge in [0, 0.05) is 31.3 Å². The Balaban J connectivity index is 1.95. The Morgan fingerprint density at radius 3 is 2.83 bits per heavy atom. The predicted octanol–water partition coefficient (Wildman–Crippen LogP) is 1.77. The van der Waals surface area contributed by atoms with E-state index in [2.05, 4.69) is 10.6 Å². The maximum Gasteiger partial charge on any atom is 0.292 e. The van der Waals surface area contributed by atoms with Crippen LogP contribution in [-0.4, -0.2) is 31.2 Å². The molecule has 1 saturated carbocycles. The average Bonchev–Trinajstić information content (AvgIpc) is 3.18. The number of methoxy groups -OCH3 is 1. The minimum absolute atomic E-state index is 0.0715. The Labute approximate surface area is 105 Å². The second-order valence-electron chi connectivity index (χ2n) is 4.30. The monoisotopic (exact) mass is 251 g/mol. The van der Waals surface area contributed by atoms with E-state index < -0.39 is 4.92 Å². The Hall–Kier alpha value is -1.82. The summed E-state index contributed by atoms with van der Waals surface area (Å²) in [5, 5.41) is 17.3. The van der Waals surface area contributed by atoms with Gasteiger partial charge in [-0.05, 0) is 18.9 Å². The van der Waals surface area contributed by atoms with Crippen LogP contribution in [0.25, 0.3) is 0 Å². The van der Waals surface area contributed by atoms with Crippen molar-refractivity contribution >= 4 is 11.4 Å². The average molecular weight is 251 g/mol. The Morgan fingerprint density at radius 1 is 1.44 bits per heavy atom. The number of ether oxygens (including phenoxy) is 1. The standard InChI is InChI=1S/C12H17N3O3/c1-18-10-4-5-12(15(16)17)11(8-10)14-7-6-13-9-2-3-9/h4-5,8-9,13-14H,2-3,6-7H2,1H3. The molecule has 0 saturated heterocycles. The van der Waals surface area contributed by atoms with Gasteiger partial charge >= 0.3 is 0 Å². The van der Waals surface area contributed by atoms with Crippen LogP contribution in [0.5, 0.6) is 5.75 Å². The van der Waals surface area contributed by atoms with Crippen LogP contribution in [-0.2, 0) is 0 Å². The lowest BCUT2D eigenvalue weighted by atomic mass is 10.2. The maximum absolute atomic E-state index is 10.9. The molecular formula is C12H17N3O3. The first-order chi connectivity index (χ1) is 8.70. The van der Waals surface area contributed by atoms with Crippen molar-refractivity contribution in [2.45, 2.75) is 18.9 Å². The van der Waals surface area contributed by atoms with E-state index in [1.807, 2.05) is 0 Å². The van der Waals surface area contributed by atoms with Crippen LogP contribution in [0.4, 0.5) is 11.4 Å². The van der Waals surface area contributed by atoms with E-state index in [0.717, 1.165) is 6.54 Å². The highest BCUT2D eigenvalue weighted by Crippen LogP contribution is 2.28. The highest BCUT2D eigenvalue weighted by atomic mass is 16.6. The van der Waals surface area contributed by atoms with Crippen LogP contribution >= 0.6 is 0 Å². The first-order valence-corrected chi connectivity index (χ1v) is 6.00. The molecule has 2 rings (SSSR count). The van der Waals surface area contributed by atoms with Gasteiger partial charge in [-0.15, -0.1) is 0 Å². The molecule has 6 nitrogen and oxygen atoms in total. The molecule has 1 aliphatic carbocycles. The number of nitrogens with one attached hydrogen (secondary N) is 2. The van der Waals surface area contributed by atoms with Crippen molar-refractivity contribution < 1.29 is 9.66 Å². The summed E-state index contributed by atoms with van der Waals surface area (Å²) in [5.74, 6) is 0.609. The molecule has 0 aliphatic heterocycles. The first kappa shape index (κ1) is 12.6. The summed E-state index contributed by atoms with van der Waals surface area (Å²) in [5.41, 5.74) is 0.569. The first-order valence-electron chi connectivity index (χ1n) is 6.00. The summed E-state index contributed by atoms with van der Waals surface area (Å²) in [6, 6.07) is 5.34. The number of nitro benzene ring substituents is 1. The van der Waals surface area contributed by atoms with Crippen molar-refractivity contribution in [2.75, 3.05) is 25.5 Å². The van der Waals surface area contributed by atoms with Gasteiger partial charge in [0.25, 0.3) is 5.69 Å². The summed E-state index contributed by atoms with van der Waals surface area (Å²) in [6.45, 7) is 1.46. The zero-order chi connectivity index (χ0) is 13.0. The highest BCUT2D eigenvalue weighted by molar-refractivity contribution is 5.64. The molecule has 6 heteroatoms. The van der Waals surface area contributed by atoms with Gasteiger partial charge in [0.2, 0.25) is 0 Å². The fourth-order valence-corrected chi connectivity index (χ4v) is 1.70. The summed E-state index contributed by atoms with van der Waals surface area (Å²) >= 11 is 0. The van der Waals surface area contributed by atoms with E-state index in [9.17, 15) is 10.1 Å². The number of benzene rings is 1. The fourth-order valence-electron chi connectivity index (χ4n) is 1.70. The molecule has 0 heterocycles. The molecule has 0 unspecified atom stereocenters. The molecule has 0 spiro atoms. The Morgan fingerprint density at radius 2 is 2.22 bits per heavy atom. The highest BCUT2D eigenvalue weighted by Gasteiger charge is 2.20. The van der Waals surface area contributed by atoms with E-state index in [1.54, 1.807) is 19.2 Å². The minimum Gasteiger partial charge on any atom is -0.497 e. The van der Waals surface area contributed by atoms with Crippen molar-refractivity contribution in [1.29, 1.82) is 0 Å². The molecule has 0 radical (unpaired) electrons. The van der Waals surface area contributed by atoms with Gasteiger partial charge in [-0.1, -0.05) is 0 Å². The minimum atomic E-state index is -0.393. The lowest BCUT2D eigenvalue weighted by molar-refractivity contribution is -0.384. The molecule has 0 aromatic heterocycles. The van der Waals surface area contributed by atoms with Gasteiger partial charge in [-0.3, -0.25) is 10.1 Å². The van der Waals surface area contributed by atoms with E-state index in [1.165, 1.54) is 18.9 Å². The number of nitro groups is 1. The molecule has 1 fully saturated rings. The van der Waals surface area contributed by atoms with Crippen molar-refractivity contribution in [1.82, 2.24) is 5.32 Å². The summed E-state index contributed by atoms with van der Waals surface area (Å²) in [7, 11) is 1.54. The SMILES string of the molecule is COc1ccc([N+](=O)[O-])c(NCCNC2CC2)c1. The van der Waals surface area contributed by atoms with Gasteiger partial charge in [-0.2, -0.15) is 0 Å². The number of rotatable bonds is 7. The van der Waals surface area contributed by atoms with Crippen LogP contribution in [0.2, 0.25) is 0 Å². The lowest BCUT2D eigenvalue weighted by Crippen LogP contribution is -2.24. The number of hydrogen-bond donors (Lipinski definition) is 2. The van der Waals surface area contributed by atoms with Crippen molar-refractivity contribution in [3.05, 3.63) is 28.3 Å². The van der Waals surface area contributed by atoms with Crippen LogP contribution in [0.1, 0.15) is 12.8 Å². The third-order valence-corrected chi connectivity index (χ3v) is 2.85. The molecule has 2 N–H and O–H groups in total. The van der Waals surface area contributed by atoms with Crippen LogP contribution in [0.15, 0.2) is 18.2 Å². The Bertz CT molecular complexity index is 433. The van der Waals surface area contributed by atoms with E-state index >= 15 is 0 Å². The maximum atomic E-state index is 10.9. The zero-order valence-electron chi connectivity index (χ0n) is 10.3. The smallest absolute Gasteiger partial charge is 0.292 e. The van der Waals surface area contributed by atoms with Gasteiger partial charge < -0.3 is 15.4 Å². The van der Waals surface area contributed by atoms with E-state index in [0.29, 0.717) is 24.0 Å². The molecule has 0 amide bonds. The molecule has 1 aromatic carbocycles. The molecular weight excluding hydrogens is 234 g/mol. The summed E-state index contributed by atoms with van der Waals surface area (Å²) < 4.78 is 5.07. The largest absolute Gasteiger partial charge is 0.497 e. The van der Waals surface area contributed by atoms with Crippen LogP contribution in [0.3, 0.4) is 0 Å². The fraction of sp³-hybridized carbons (Fsp3) is 0.500. The lowest BCUT2D eigenvalue weighted by Gasteiger charge is -2.09. The van der Waals surface area contributed by atoms with Crippen LogP contribution in [0, 0.1) is 10.1 Å². The van der Waals surface area contributed by atoms with Crippen molar-refractivity contribution in [2.24, 2.45) is 0 Å². The van der Waals surface area contributed by atoms with Crippen molar-refractivity contribution in [3.63, 3.8) is 0 Å². The number of nitrogens with zero attached hydrogens (tertiary/aromatic N) is 1. The van der Waals surface area contributed by atoms with Gasteiger partial charge in [0.05, 0.1) is 12.0 Å². The zero-order valence-corrected chi connectivity index (χ0v) is 10.3. The molecule has 0 bridgehead atoms. The molecule has 1 aliphatic rings. The molecule has 98 valence electrons. The van der Waals surface area contributed by atoms with Crippen LogP contribution < -0.4 is 15.4 Å². The van der Waals surface area contributed by atoms with Crippen molar-refractivity contribution in [3.8, 4) is 5.75 Å². The second kappa shape index (κ2) is 5.68. The predicted molar refractivity (Wildman–Crippen MR) is 69.2 cm³/mol. The molecule has 1 aromatic rings. The summed E-state index contributed by atoms with van der Waals surface area (Å²) in [6.07, 6.45) is 2.47. The van der Waals surface area contributed by atoms with Gasteiger partial charge in [0.1, 0.15) is 11.4 Å². The number of hydrogen-bond acceptors (Lipinski definition) is 5. The van der Waals surface area contributed by atoms with E-state index in [4.69, 9.17) is 4.74 Å².